The molecule has 6 nitrogen and oxygen atoms in total. The number of H-pyrrole nitrogens is 3. The Balaban J connectivity index is 1.87. The minimum atomic E-state index is -0.376. The summed E-state index contributed by atoms with van der Waals surface area (Å²) in [5, 5.41) is 2.46. The van der Waals surface area contributed by atoms with E-state index < -0.39 is 0 Å². The predicted molar refractivity (Wildman–Crippen MR) is 115 cm³/mol. The maximum atomic E-state index is 12.6. The first-order valence-corrected chi connectivity index (χ1v) is 9.40. The van der Waals surface area contributed by atoms with E-state index in [1.165, 1.54) is 0 Å². The Bertz CT molecular complexity index is 1430. The number of benzene rings is 2. The zero-order valence-corrected chi connectivity index (χ0v) is 16.5. The lowest BCUT2D eigenvalue weighted by molar-refractivity contribution is 0.571. The molecule has 0 bridgehead atoms. The molecule has 0 fully saturated rings. The number of aromatic nitrogens is 4. The van der Waals surface area contributed by atoms with Gasteiger partial charge in [0.15, 0.2) is 0 Å². The van der Waals surface area contributed by atoms with Crippen LogP contribution in [0.5, 0.6) is 0 Å². The number of fused-ring (bicyclic) bond motifs is 1. The molecular formula is C23H22N4O2. The lowest BCUT2D eigenvalue weighted by Gasteiger charge is -2.16. The van der Waals surface area contributed by atoms with Crippen molar-refractivity contribution in [2.45, 2.75) is 26.2 Å². The highest BCUT2D eigenvalue weighted by molar-refractivity contribution is 5.90. The summed E-state index contributed by atoms with van der Waals surface area (Å²) in [6.45, 7) is 6.15. The Morgan fingerprint density at radius 3 is 2.24 bits per heavy atom. The molecule has 0 radical (unpaired) electrons. The van der Waals surface area contributed by atoms with Gasteiger partial charge in [0, 0.05) is 11.1 Å². The van der Waals surface area contributed by atoms with Crippen LogP contribution in [-0.2, 0) is 5.41 Å². The second kappa shape index (κ2) is 7.05. The normalized spacial score (nSPS) is 13.3. The lowest BCUT2D eigenvalue weighted by atomic mass is 9.90. The largest absolute Gasteiger partial charge is 0.348 e. The number of aromatic amines is 3. The Hall–Kier alpha value is -3.67. The van der Waals surface area contributed by atoms with Crippen LogP contribution < -0.4 is 21.8 Å². The Labute approximate surface area is 166 Å². The van der Waals surface area contributed by atoms with Gasteiger partial charge in [0.1, 0.15) is 10.7 Å². The molecule has 29 heavy (non-hydrogen) atoms. The van der Waals surface area contributed by atoms with Gasteiger partial charge in [-0.25, -0.2) is 4.98 Å². The highest BCUT2D eigenvalue weighted by atomic mass is 16.1. The molecule has 0 aliphatic rings. The van der Waals surface area contributed by atoms with Gasteiger partial charge >= 0.3 is 0 Å². The molecule has 0 spiro atoms. The van der Waals surface area contributed by atoms with Crippen LogP contribution in [0.25, 0.3) is 22.9 Å². The molecule has 0 saturated heterocycles. The molecule has 2 aromatic heterocycles. The number of nitrogens with zero attached hydrogens (tertiary/aromatic N) is 1. The second-order valence-corrected chi connectivity index (χ2v) is 8.01. The van der Waals surface area contributed by atoms with Gasteiger partial charge in [-0.05, 0) is 28.5 Å². The first-order chi connectivity index (χ1) is 13.8. The topological polar surface area (TPSA) is 94.4 Å². The maximum absolute atomic E-state index is 12.6. The molecule has 6 heteroatoms. The molecule has 0 unspecified atom stereocenters. The third kappa shape index (κ3) is 3.69. The zero-order chi connectivity index (χ0) is 20.6. The lowest BCUT2D eigenvalue weighted by Crippen LogP contribution is -2.46. The Morgan fingerprint density at radius 1 is 0.862 bits per heavy atom. The van der Waals surface area contributed by atoms with Crippen molar-refractivity contribution in [3.05, 3.63) is 97.1 Å². The van der Waals surface area contributed by atoms with E-state index in [-0.39, 0.29) is 27.2 Å². The number of hydrogen-bond acceptors (Lipinski definition) is 3. The Kier molecular flexibility index (Phi) is 4.54. The number of hydrogen-bond donors (Lipinski definition) is 3. The molecule has 3 N–H and O–H groups in total. The van der Waals surface area contributed by atoms with E-state index in [1.807, 2.05) is 63.2 Å². The van der Waals surface area contributed by atoms with Gasteiger partial charge in [-0.2, -0.15) is 0 Å². The summed E-state index contributed by atoms with van der Waals surface area (Å²) in [5.74, 6) is 0. The van der Waals surface area contributed by atoms with Gasteiger partial charge in [-0.3, -0.25) is 9.59 Å². The molecule has 0 saturated carbocycles. The monoisotopic (exact) mass is 386 g/mol. The van der Waals surface area contributed by atoms with E-state index in [1.54, 1.807) is 18.5 Å². The van der Waals surface area contributed by atoms with Crippen molar-refractivity contribution in [1.29, 1.82) is 0 Å². The number of nitrogens with one attached hydrogen (secondary N) is 3. The van der Waals surface area contributed by atoms with E-state index in [2.05, 4.69) is 19.9 Å². The summed E-state index contributed by atoms with van der Waals surface area (Å²) in [5.41, 5.74) is 1.48. The van der Waals surface area contributed by atoms with Crippen LogP contribution in [0.15, 0.2) is 58.4 Å². The molecule has 146 valence electrons. The van der Waals surface area contributed by atoms with Crippen LogP contribution in [0, 0.1) is 0 Å². The van der Waals surface area contributed by atoms with Crippen molar-refractivity contribution >= 4 is 22.9 Å². The van der Waals surface area contributed by atoms with Gasteiger partial charge < -0.3 is 15.0 Å². The molecule has 0 aliphatic carbocycles. The van der Waals surface area contributed by atoms with Crippen LogP contribution in [0.3, 0.4) is 0 Å². The third-order valence-corrected chi connectivity index (χ3v) is 4.81. The van der Waals surface area contributed by atoms with E-state index in [9.17, 15) is 9.59 Å². The van der Waals surface area contributed by atoms with Crippen LogP contribution >= 0.6 is 0 Å². The van der Waals surface area contributed by atoms with E-state index in [4.69, 9.17) is 0 Å². The summed E-state index contributed by atoms with van der Waals surface area (Å²) < 4.78 is 0. The fraction of sp³-hybridized carbons (Fsp3) is 0.174. The summed E-state index contributed by atoms with van der Waals surface area (Å²) in [6.07, 6.45) is 4.88. The molecule has 4 rings (SSSR count). The summed E-state index contributed by atoms with van der Waals surface area (Å²) in [7, 11) is 0. The highest BCUT2D eigenvalue weighted by Crippen LogP contribution is 2.22. The quantitative estimate of drug-likeness (QED) is 0.491. The molecule has 0 aliphatic heterocycles. The minimum absolute atomic E-state index is 0.169. The minimum Gasteiger partial charge on any atom is -0.348 e. The molecule has 0 atom stereocenters. The van der Waals surface area contributed by atoms with Crippen molar-refractivity contribution in [3.63, 3.8) is 0 Å². The van der Waals surface area contributed by atoms with Crippen LogP contribution in [-0.4, -0.2) is 19.9 Å². The van der Waals surface area contributed by atoms with Gasteiger partial charge in [0.05, 0.1) is 12.0 Å². The van der Waals surface area contributed by atoms with Crippen molar-refractivity contribution < 1.29 is 0 Å². The predicted octanol–water partition coefficient (Wildman–Crippen LogP) is 1.89. The standard InChI is InChI=1S/C23H22N4O2/c1-23(2,3)20-17(24-13-25-20)12-19-22(29)26-18(21(28)27-19)11-15-9-6-8-14-7-4-5-10-16(14)15/h4-13H,1-3H3,(H,24,25)(H,26,29)(H,27,28)/b18-11-,19-12-. The molecule has 2 aromatic carbocycles. The smallest absolute Gasteiger partial charge is 0.272 e. The first-order valence-electron chi connectivity index (χ1n) is 9.40. The van der Waals surface area contributed by atoms with Crippen molar-refractivity contribution in [3.8, 4) is 0 Å². The number of imidazole rings is 1. The summed E-state index contributed by atoms with van der Waals surface area (Å²) >= 11 is 0. The summed E-state index contributed by atoms with van der Waals surface area (Å²) in [4.78, 5) is 38.0. The zero-order valence-electron chi connectivity index (χ0n) is 16.5. The van der Waals surface area contributed by atoms with Gasteiger partial charge in [0.25, 0.3) is 11.1 Å². The van der Waals surface area contributed by atoms with Crippen LogP contribution in [0.1, 0.15) is 37.7 Å². The highest BCUT2D eigenvalue weighted by Gasteiger charge is 2.19. The SMILES string of the molecule is CC(C)(C)c1[nH]cnc1/C=c1\[nH]c(=O)/c(=C/c2cccc3ccccc23)[nH]c1=O. The third-order valence-electron chi connectivity index (χ3n) is 4.81. The van der Waals surface area contributed by atoms with Crippen molar-refractivity contribution in [2.75, 3.05) is 0 Å². The fourth-order valence-electron chi connectivity index (χ4n) is 3.38. The maximum Gasteiger partial charge on any atom is 0.272 e. The molecular weight excluding hydrogens is 364 g/mol. The summed E-state index contributed by atoms with van der Waals surface area (Å²) in [6, 6.07) is 13.8. The van der Waals surface area contributed by atoms with Crippen molar-refractivity contribution in [2.24, 2.45) is 0 Å². The van der Waals surface area contributed by atoms with Crippen LogP contribution in [0.4, 0.5) is 0 Å². The number of rotatable bonds is 2. The first kappa shape index (κ1) is 18.7. The van der Waals surface area contributed by atoms with E-state index in [0.29, 0.717) is 5.69 Å². The molecule has 2 heterocycles. The molecule has 4 aromatic rings. The van der Waals surface area contributed by atoms with Gasteiger partial charge in [-0.15, -0.1) is 0 Å². The Morgan fingerprint density at radius 2 is 1.52 bits per heavy atom. The average molecular weight is 386 g/mol. The van der Waals surface area contributed by atoms with Gasteiger partial charge in [0.2, 0.25) is 0 Å². The van der Waals surface area contributed by atoms with Crippen molar-refractivity contribution in [1.82, 2.24) is 19.9 Å². The molecule has 0 amide bonds. The van der Waals surface area contributed by atoms with Crippen LogP contribution in [0.2, 0.25) is 0 Å². The average Bonchev–Trinajstić information content (AvgIpc) is 3.15. The van der Waals surface area contributed by atoms with E-state index >= 15 is 0 Å². The second-order valence-electron chi connectivity index (χ2n) is 8.01. The van der Waals surface area contributed by atoms with Gasteiger partial charge in [-0.1, -0.05) is 63.2 Å². The van der Waals surface area contributed by atoms with E-state index in [0.717, 1.165) is 22.0 Å². The fourth-order valence-corrected chi connectivity index (χ4v) is 3.38.